The Labute approximate surface area is 224 Å². The van der Waals surface area contributed by atoms with Gasteiger partial charge < -0.3 is 15.4 Å². The number of nitrogens with two attached hydrogens (primary N) is 1. The zero-order valence-corrected chi connectivity index (χ0v) is 22.0. The first-order valence-electron chi connectivity index (χ1n) is 12.9. The number of imidazole rings is 1. The largest absolute Gasteiger partial charge is 0.465 e. The number of fused-ring (bicyclic) bond motifs is 2. The highest BCUT2D eigenvalue weighted by atomic mass is 16.5. The van der Waals surface area contributed by atoms with Crippen molar-refractivity contribution in [3.63, 3.8) is 0 Å². The molecule has 0 radical (unpaired) electrons. The number of carbonyl (C=O) groups excluding carboxylic acids is 1. The summed E-state index contributed by atoms with van der Waals surface area (Å²) in [5, 5.41) is 0.837. The number of carbonyl (C=O) groups is 1. The second-order valence-electron chi connectivity index (χ2n) is 9.36. The van der Waals surface area contributed by atoms with Crippen LogP contribution in [0.15, 0.2) is 40.1 Å². The summed E-state index contributed by atoms with van der Waals surface area (Å²) in [6, 6.07) is 7.40. The maximum atomic E-state index is 14.0. The van der Waals surface area contributed by atoms with E-state index < -0.39 is 23.8 Å². The normalized spacial score (nSPS) is 15.4. The molecule has 3 aromatic heterocycles. The van der Waals surface area contributed by atoms with Gasteiger partial charge in [-0.2, -0.15) is 4.98 Å². The lowest BCUT2D eigenvalue weighted by Gasteiger charge is -2.31. The minimum atomic E-state index is -0.703. The standard InChI is InChI=1S/C27H30N8O4/c1-3-5-13-33-23-24(31-26(33)32-12-8-10-19(28)15-32)34(17-22(36)39-4-2)27(38)35(25(23)37)16-21-29-14-18-9-6-7-11-20(18)30-21/h6-7,9,11,14,19H,4,8,10,12-13,15-17,28H2,1-2H3. The number of anilines is 1. The van der Waals surface area contributed by atoms with Gasteiger partial charge in [-0.1, -0.05) is 24.1 Å². The van der Waals surface area contributed by atoms with Crippen LogP contribution in [0.2, 0.25) is 0 Å². The Kier molecular flexibility index (Phi) is 7.42. The highest BCUT2D eigenvalue weighted by Gasteiger charge is 2.27. The molecule has 1 aliphatic rings. The van der Waals surface area contributed by atoms with Crippen molar-refractivity contribution in [1.29, 1.82) is 0 Å². The molecule has 12 heteroatoms. The average Bonchev–Trinajstić information content (AvgIpc) is 3.32. The second-order valence-corrected chi connectivity index (χ2v) is 9.36. The molecule has 0 aliphatic carbocycles. The Bertz CT molecular complexity index is 1730. The summed E-state index contributed by atoms with van der Waals surface area (Å²) >= 11 is 0. The molecule has 1 aliphatic heterocycles. The van der Waals surface area contributed by atoms with Crippen molar-refractivity contribution in [2.24, 2.45) is 5.73 Å². The van der Waals surface area contributed by atoms with Crippen LogP contribution in [-0.2, 0) is 29.2 Å². The van der Waals surface area contributed by atoms with E-state index >= 15 is 0 Å². The first-order valence-corrected chi connectivity index (χ1v) is 12.9. The van der Waals surface area contributed by atoms with Crippen LogP contribution in [0.25, 0.3) is 22.1 Å². The van der Waals surface area contributed by atoms with Crippen LogP contribution < -0.4 is 21.9 Å². The van der Waals surface area contributed by atoms with Gasteiger partial charge in [0.15, 0.2) is 11.2 Å². The highest BCUT2D eigenvalue weighted by Crippen LogP contribution is 2.23. The molecular formula is C27H30N8O4. The van der Waals surface area contributed by atoms with Crippen molar-refractivity contribution < 1.29 is 9.53 Å². The first-order chi connectivity index (χ1) is 18.9. The Balaban J connectivity index is 1.73. The molecule has 2 N–H and O–H groups in total. The Morgan fingerprint density at radius 3 is 2.77 bits per heavy atom. The summed E-state index contributed by atoms with van der Waals surface area (Å²) in [5.41, 5.74) is 5.92. The molecule has 1 fully saturated rings. The van der Waals surface area contributed by atoms with Gasteiger partial charge in [0.1, 0.15) is 12.4 Å². The highest BCUT2D eigenvalue weighted by molar-refractivity contribution is 5.78. The van der Waals surface area contributed by atoms with Crippen molar-refractivity contribution in [3.05, 3.63) is 57.1 Å². The van der Waals surface area contributed by atoms with Gasteiger partial charge >= 0.3 is 11.7 Å². The molecular weight excluding hydrogens is 500 g/mol. The number of benzene rings is 1. The molecule has 1 saturated heterocycles. The monoisotopic (exact) mass is 530 g/mol. The quantitative estimate of drug-likeness (QED) is 0.272. The third kappa shape index (κ3) is 5.13. The minimum absolute atomic E-state index is 0.0484. The van der Waals surface area contributed by atoms with Crippen molar-refractivity contribution in [3.8, 4) is 11.8 Å². The van der Waals surface area contributed by atoms with Crippen LogP contribution in [0.1, 0.15) is 32.5 Å². The summed E-state index contributed by atoms with van der Waals surface area (Å²) in [5.74, 6) is 6.03. The van der Waals surface area contributed by atoms with E-state index in [9.17, 15) is 14.4 Å². The predicted octanol–water partition coefficient (Wildman–Crippen LogP) is 0.865. The number of hydrogen-bond donors (Lipinski definition) is 1. The van der Waals surface area contributed by atoms with Crippen molar-refractivity contribution in [2.75, 3.05) is 24.6 Å². The minimum Gasteiger partial charge on any atom is -0.465 e. The number of nitrogens with zero attached hydrogens (tertiary/aromatic N) is 7. The van der Waals surface area contributed by atoms with Crippen molar-refractivity contribution in [2.45, 2.75) is 52.4 Å². The molecule has 39 heavy (non-hydrogen) atoms. The Morgan fingerprint density at radius 1 is 1.18 bits per heavy atom. The maximum Gasteiger partial charge on any atom is 0.333 e. The maximum absolute atomic E-state index is 14.0. The van der Waals surface area contributed by atoms with Gasteiger partial charge in [-0.3, -0.25) is 23.3 Å². The van der Waals surface area contributed by atoms with E-state index in [-0.39, 0.29) is 42.7 Å². The van der Waals surface area contributed by atoms with Gasteiger partial charge in [0.25, 0.3) is 5.56 Å². The van der Waals surface area contributed by atoms with Crippen LogP contribution >= 0.6 is 0 Å². The zero-order chi connectivity index (χ0) is 27.5. The number of hydrogen-bond acceptors (Lipinski definition) is 9. The molecule has 5 rings (SSSR count). The predicted molar refractivity (Wildman–Crippen MR) is 146 cm³/mol. The molecule has 12 nitrogen and oxygen atoms in total. The average molecular weight is 531 g/mol. The fraction of sp³-hybridized carbons (Fsp3) is 0.407. The molecule has 0 amide bonds. The lowest BCUT2D eigenvalue weighted by molar-refractivity contribution is -0.143. The third-order valence-corrected chi connectivity index (χ3v) is 6.68. The van der Waals surface area contributed by atoms with Crippen LogP contribution in [0.5, 0.6) is 0 Å². The van der Waals surface area contributed by atoms with E-state index in [0.717, 1.165) is 22.8 Å². The van der Waals surface area contributed by atoms with Crippen LogP contribution in [-0.4, -0.2) is 60.4 Å². The van der Waals surface area contributed by atoms with E-state index in [1.54, 1.807) is 24.6 Å². The summed E-state index contributed by atoms with van der Waals surface area (Å²) in [6.07, 6.45) is 3.40. The van der Waals surface area contributed by atoms with Crippen LogP contribution in [0.3, 0.4) is 0 Å². The van der Waals surface area contributed by atoms with Crippen LogP contribution in [0.4, 0.5) is 5.95 Å². The van der Waals surface area contributed by atoms with Gasteiger partial charge in [-0.05, 0) is 32.8 Å². The SMILES string of the molecule is CC#CCn1c(N2CCCC(N)C2)nc2c1c(=O)n(Cc1ncc3ccccc3n1)c(=O)n2CC(=O)OCC. The molecule has 1 unspecified atom stereocenters. The van der Waals surface area contributed by atoms with Crippen molar-refractivity contribution >= 4 is 34.0 Å². The summed E-state index contributed by atoms with van der Waals surface area (Å²) in [4.78, 5) is 55.8. The number of aromatic nitrogens is 6. The van der Waals surface area contributed by atoms with E-state index in [1.165, 1.54) is 4.57 Å². The summed E-state index contributed by atoms with van der Waals surface area (Å²) in [6.45, 7) is 4.37. The number of rotatable bonds is 7. The topological polar surface area (TPSA) is 143 Å². The van der Waals surface area contributed by atoms with E-state index in [4.69, 9.17) is 15.5 Å². The second kappa shape index (κ2) is 11.1. The van der Waals surface area contributed by atoms with Crippen LogP contribution in [0, 0.1) is 11.8 Å². The molecule has 1 atom stereocenters. The Morgan fingerprint density at radius 2 is 2.00 bits per heavy atom. The fourth-order valence-corrected chi connectivity index (χ4v) is 4.87. The molecule has 4 aromatic rings. The Hall–Kier alpha value is -4.50. The molecule has 4 heterocycles. The zero-order valence-electron chi connectivity index (χ0n) is 22.0. The number of esters is 1. The lowest BCUT2D eigenvalue weighted by atomic mass is 10.1. The van der Waals surface area contributed by atoms with Crippen molar-refractivity contribution in [1.82, 2.24) is 28.7 Å². The molecule has 0 bridgehead atoms. The molecule has 0 spiro atoms. The number of piperidine rings is 1. The van der Waals surface area contributed by atoms with Gasteiger partial charge in [0.05, 0.1) is 25.2 Å². The first kappa shape index (κ1) is 26.1. The molecule has 202 valence electrons. The summed E-state index contributed by atoms with van der Waals surface area (Å²) < 4.78 is 9.04. The van der Waals surface area contributed by atoms with Gasteiger partial charge in [-0.15, -0.1) is 5.92 Å². The lowest BCUT2D eigenvalue weighted by Crippen LogP contribution is -2.44. The number of para-hydroxylation sites is 1. The van der Waals surface area contributed by atoms with E-state index in [1.807, 2.05) is 29.2 Å². The summed E-state index contributed by atoms with van der Waals surface area (Å²) in [7, 11) is 0. The smallest absolute Gasteiger partial charge is 0.333 e. The fourth-order valence-electron chi connectivity index (χ4n) is 4.87. The van der Waals surface area contributed by atoms with Gasteiger partial charge in [-0.25, -0.2) is 14.8 Å². The van der Waals surface area contributed by atoms with E-state index in [0.29, 0.717) is 24.6 Å². The third-order valence-electron chi connectivity index (χ3n) is 6.68. The van der Waals surface area contributed by atoms with Gasteiger partial charge in [0.2, 0.25) is 5.95 Å². The number of ether oxygens (including phenoxy) is 1. The van der Waals surface area contributed by atoms with Gasteiger partial charge in [0, 0.05) is 30.7 Å². The van der Waals surface area contributed by atoms with E-state index in [2.05, 4.69) is 21.8 Å². The molecule has 0 saturated carbocycles. The molecule has 1 aromatic carbocycles.